The molecule has 1 heterocycles. The Balaban J connectivity index is 2.36. The number of hydrogen-bond acceptors (Lipinski definition) is 3. The van der Waals surface area contributed by atoms with Gasteiger partial charge in [0.1, 0.15) is 0 Å². The number of aromatic nitrogens is 2. The molecular weight excluding hydrogens is 192 g/mol. The Morgan fingerprint density at radius 1 is 1.67 bits per heavy atom. The molecule has 0 unspecified atom stereocenters. The Bertz CT molecular complexity index is 321. The molecule has 1 amide bonds. The second-order valence-corrected chi connectivity index (χ2v) is 3.57. The highest BCUT2D eigenvalue weighted by atomic mass is 16.1. The molecule has 1 atom stereocenters. The summed E-state index contributed by atoms with van der Waals surface area (Å²) in [6.45, 7) is 5.61. The van der Waals surface area contributed by atoms with E-state index in [0.29, 0.717) is 12.1 Å². The lowest BCUT2D eigenvalue weighted by molar-refractivity contribution is 0.0950. The van der Waals surface area contributed by atoms with Crippen LogP contribution in [0.2, 0.25) is 0 Å². The van der Waals surface area contributed by atoms with E-state index in [-0.39, 0.29) is 11.9 Å². The molecule has 5 heteroatoms. The van der Waals surface area contributed by atoms with Crippen LogP contribution in [-0.2, 0) is 7.05 Å². The summed E-state index contributed by atoms with van der Waals surface area (Å²) in [6, 6.07) is 0.288. The van der Waals surface area contributed by atoms with Gasteiger partial charge in [0.2, 0.25) is 0 Å². The number of carbonyl (C=O) groups is 1. The van der Waals surface area contributed by atoms with Gasteiger partial charge in [-0.3, -0.25) is 9.48 Å². The fourth-order valence-corrected chi connectivity index (χ4v) is 1.31. The molecule has 0 fully saturated rings. The molecule has 0 aliphatic heterocycles. The Kier molecular flexibility index (Phi) is 4.30. The minimum Gasteiger partial charge on any atom is -0.350 e. The van der Waals surface area contributed by atoms with Gasteiger partial charge in [0.15, 0.2) is 0 Å². The van der Waals surface area contributed by atoms with Crippen molar-refractivity contribution in [3.05, 3.63) is 18.0 Å². The minimum absolute atomic E-state index is 0.0761. The van der Waals surface area contributed by atoms with Gasteiger partial charge >= 0.3 is 0 Å². The Morgan fingerprint density at radius 2 is 2.40 bits per heavy atom. The zero-order chi connectivity index (χ0) is 11.3. The molecule has 0 saturated carbocycles. The Hall–Kier alpha value is -1.36. The van der Waals surface area contributed by atoms with Gasteiger partial charge in [0, 0.05) is 25.8 Å². The highest BCUT2D eigenvalue weighted by molar-refractivity contribution is 5.93. The second-order valence-electron chi connectivity index (χ2n) is 3.57. The molecule has 2 N–H and O–H groups in total. The number of nitrogens with zero attached hydrogens (tertiary/aromatic N) is 2. The number of carbonyl (C=O) groups excluding carboxylic acids is 1. The summed E-state index contributed by atoms with van der Waals surface area (Å²) < 4.78 is 1.61. The lowest BCUT2D eigenvalue weighted by Crippen LogP contribution is -2.38. The van der Waals surface area contributed by atoms with Crippen LogP contribution in [0.4, 0.5) is 0 Å². The van der Waals surface area contributed by atoms with E-state index in [1.807, 2.05) is 13.8 Å². The summed E-state index contributed by atoms with van der Waals surface area (Å²) >= 11 is 0. The maximum Gasteiger partial charge on any atom is 0.254 e. The molecule has 84 valence electrons. The molecule has 5 nitrogen and oxygen atoms in total. The summed E-state index contributed by atoms with van der Waals surface area (Å²) in [5.41, 5.74) is 0.598. The smallest absolute Gasteiger partial charge is 0.254 e. The molecule has 0 aliphatic rings. The van der Waals surface area contributed by atoms with E-state index in [2.05, 4.69) is 15.7 Å². The van der Waals surface area contributed by atoms with Crippen molar-refractivity contribution < 1.29 is 4.79 Å². The van der Waals surface area contributed by atoms with E-state index in [4.69, 9.17) is 0 Å². The largest absolute Gasteiger partial charge is 0.350 e. The second kappa shape index (κ2) is 5.50. The van der Waals surface area contributed by atoms with Gasteiger partial charge in [-0.1, -0.05) is 6.92 Å². The predicted molar refractivity (Wildman–Crippen MR) is 58.7 cm³/mol. The SMILES string of the molecule is CCN[C@H](C)CNC(=O)c1cnn(C)c1. The van der Waals surface area contributed by atoms with Gasteiger partial charge in [-0.15, -0.1) is 0 Å². The highest BCUT2D eigenvalue weighted by Crippen LogP contribution is 1.95. The van der Waals surface area contributed by atoms with Gasteiger partial charge in [-0.25, -0.2) is 0 Å². The first kappa shape index (κ1) is 11.7. The van der Waals surface area contributed by atoms with Gasteiger partial charge in [0.05, 0.1) is 11.8 Å². The lowest BCUT2D eigenvalue weighted by atomic mass is 10.3. The minimum atomic E-state index is -0.0761. The van der Waals surface area contributed by atoms with Gasteiger partial charge < -0.3 is 10.6 Å². The molecule has 0 aromatic carbocycles. The van der Waals surface area contributed by atoms with Crippen molar-refractivity contribution in [2.75, 3.05) is 13.1 Å². The van der Waals surface area contributed by atoms with E-state index < -0.39 is 0 Å². The first-order chi connectivity index (χ1) is 7.13. The van der Waals surface area contributed by atoms with Gasteiger partial charge in [0.25, 0.3) is 5.91 Å². The third-order valence-electron chi connectivity index (χ3n) is 2.09. The van der Waals surface area contributed by atoms with Gasteiger partial charge in [-0.05, 0) is 13.5 Å². The molecule has 0 spiro atoms. The van der Waals surface area contributed by atoms with Crippen LogP contribution >= 0.6 is 0 Å². The van der Waals surface area contributed by atoms with E-state index in [0.717, 1.165) is 6.54 Å². The van der Waals surface area contributed by atoms with E-state index in [1.165, 1.54) is 0 Å². The van der Waals surface area contributed by atoms with Crippen molar-refractivity contribution in [1.29, 1.82) is 0 Å². The van der Waals surface area contributed by atoms with Crippen LogP contribution in [0.1, 0.15) is 24.2 Å². The average molecular weight is 210 g/mol. The molecule has 1 aromatic heterocycles. The zero-order valence-electron chi connectivity index (χ0n) is 9.45. The fourth-order valence-electron chi connectivity index (χ4n) is 1.31. The molecule has 0 saturated heterocycles. The molecule has 0 radical (unpaired) electrons. The number of amides is 1. The number of rotatable bonds is 5. The summed E-state index contributed by atoms with van der Waals surface area (Å²) in [7, 11) is 1.79. The fraction of sp³-hybridized carbons (Fsp3) is 0.600. The molecule has 0 aliphatic carbocycles. The summed E-state index contributed by atoms with van der Waals surface area (Å²) in [5.74, 6) is -0.0761. The van der Waals surface area contributed by atoms with Crippen molar-refractivity contribution in [1.82, 2.24) is 20.4 Å². The Labute approximate surface area is 89.9 Å². The first-order valence-electron chi connectivity index (χ1n) is 5.13. The average Bonchev–Trinajstić information content (AvgIpc) is 2.62. The molecule has 1 rings (SSSR count). The number of hydrogen-bond donors (Lipinski definition) is 2. The molecule has 1 aromatic rings. The summed E-state index contributed by atoms with van der Waals surface area (Å²) in [6.07, 6.45) is 3.26. The third-order valence-corrected chi connectivity index (χ3v) is 2.09. The molecular formula is C10H18N4O. The van der Waals surface area contributed by atoms with Crippen LogP contribution in [0.3, 0.4) is 0 Å². The topological polar surface area (TPSA) is 58.9 Å². The first-order valence-corrected chi connectivity index (χ1v) is 5.13. The molecule has 15 heavy (non-hydrogen) atoms. The number of likely N-dealkylation sites (N-methyl/N-ethyl adjacent to an activating group) is 1. The zero-order valence-corrected chi connectivity index (χ0v) is 9.45. The maximum absolute atomic E-state index is 11.6. The van der Waals surface area contributed by atoms with Crippen molar-refractivity contribution >= 4 is 5.91 Å². The quantitative estimate of drug-likeness (QED) is 0.727. The summed E-state index contributed by atoms with van der Waals surface area (Å²) in [4.78, 5) is 11.6. The van der Waals surface area contributed by atoms with Crippen molar-refractivity contribution in [2.24, 2.45) is 7.05 Å². The van der Waals surface area contributed by atoms with E-state index in [1.54, 1.807) is 24.1 Å². The lowest BCUT2D eigenvalue weighted by Gasteiger charge is -2.12. The number of aryl methyl sites for hydroxylation is 1. The monoisotopic (exact) mass is 210 g/mol. The van der Waals surface area contributed by atoms with E-state index >= 15 is 0 Å². The number of nitrogens with one attached hydrogen (secondary N) is 2. The molecule has 0 bridgehead atoms. The van der Waals surface area contributed by atoms with Crippen LogP contribution in [0.25, 0.3) is 0 Å². The standard InChI is InChI=1S/C10H18N4O/c1-4-11-8(2)5-12-10(15)9-6-13-14(3)7-9/h6-8,11H,4-5H2,1-3H3,(H,12,15)/t8-/m1/s1. The maximum atomic E-state index is 11.6. The highest BCUT2D eigenvalue weighted by Gasteiger charge is 2.08. The normalized spacial score (nSPS) is 12.5. The van der Waals surface area contributed by atoms with Crippen LogP contribution in [0.5, 0.6) is 0 Å². The van der Waals surface area contributed by atoms with Crippen molar-refractivity contribution in [3.8, 4) is 0 Å². The van der Waals surface area contributed by atoms with E-state index in [9.17, 15) is 4.79 Å². The van der Waals surface area contributed by atoms with Crippen LogP contribution in [-0.4, -0.2) is 34.8 Å². The predicted octanol–water partition coefficient (Wildman–Crippen LogP) is 0.148. The Morgan fingerprint density at radius 3 is 2.93 bits per heavy atom. The van der Waals surface area contributed by atoms with Crippen molar-refractivity contribution in [3.63, 3.8) is 0 Å². The van der Waals surface area contributed by atoms with Gasteiger partial charge in [-0.2, -0.15) is 5.10 Å². The van der Waals surface area contributed by atoms with Crippen molar-refractivity contribution in [2.45, 2.75) is 19.9 Å². The third kappa shape index (κ3) is 3.71. The van der Waals surface area contributed by atoms with Crippen LogP contribution in [0, 0.1) is 0 Å². The van der Waals surface area contributed by atoms with Crippen LogP contribution < -0.4 is 10.6 Å². The van der Waals surface area contributed by atoms with Crippen LogP contribution in [0.15, 0.2) is 12.4 Å². The summed E-state index contributed by atoms with van der Waals surface area (Å²) in [5, 5.41) is 10.0.